The number of hydrogen-bond donors (Lipinski definition) is 1. The third kappa shape index (κ3) is 17.8. The van der Waals surface area contributed by atoms with Gasteiger partial charge in [0.25, 0.3) is 0 Å². The number of rotatable bonds is 2. The zero-order chi connectivity index (χ0) is 9.44. The lowest BCUT2D eigenvalue weighted by Crippen LogP contribution is -2.17. The molecule has 4 heteroatoms. The minimum absolute atomic E-state index is 0.176. The first kappa shape index (κ1) is 12.1. The van der Waals surface area contributed by atoms with Crippen LogP contribution in [0.25, 0.3) is 0 Å². The van der Waals surface area contributed by atoms with E-state index < -0.39 is 11.9 Å². The molecule has 0 spiro atoms. The number of carbonyl (C=O) groups excluding carboxylic acids is 1. The fourth-order valence-corrected chi connectivity index (χ4v) is 0. The fraction of sp³-hybridized carbons (Fsp3) is 0.143. The maximum absolute atomic E-state index is 9.60. The highest BCUT2D eigenvalue weighted by Gasteiger charge is 1.90. The second kappa shape index (κ2) is 6.54. The summed E-state index contributed by atoms with van der Waals surface area (Å²) >= 11 is 0. The van der Waals surface area contributed by atoms with E-state index in [-0.39, 0.29) is 5.57 Å². The van der Waals surface area contributed by atoms with Gasteiger partial charge in [0, 0.05) is 5.57 Å². The molecule has 0 fully saturated rings. The molecule has 0 bridgehead atoms. The van der Waals surface area contributed by atoms with Crippen LogP contribution in [0.4, 0.5) is 0 Å². The molecule has 0 saturated carbocycles. The van der Waals surface area contributed by atoms with Gasteiger partial charge in [-0.05, 0) is 13.0 Å². The van der Waals surface area contributed by atoms with Crippen molar-refractivity contribution in [1.82, 2.24) is 0 Å². The van der Waals surface area contributed by atoms with Crippen LogP contribution in [0.1, 0.15) is 6.92 Å². The zero-order valence-corrected chi connectivity index (χ0v) is 6.16. The molecule has 0 aliphatic rings. The third-order valence-electron chi connectivity index (χ3n) is 0.532. The Labute approximate surface area is 64.5 Å². The van der Waals surface area contributed by atoms with Crippen LogP contribution in [0.3, 0.4) is 0 Å². The van der Waals surface area contributed by atoms with Crippen molar-refractivity contribution in [1.29, 1.82) is 0 Å². The maximum atomic E-state index is 9.60. The van der Waals surface area contributed by atoms with E-state index in [2.05, 4.69) is 13.2 Å². The Morgan fingerprint density at radius 2 is 1.73 bits per heavy atom. The average molecular weight is 157 g/mol. The van der Waals surface area contributed by atoms with Gasteiger partial charge in [-0.2, -0.15) is 0 Å². The van der Waals surface area contributed by atoms with Gasteiger partial charge < -0.3 is 15.0 Å². The van der Waals surface area contributed by atoms with Crippen molar-refractivity contribution in [3.63, 3.8) is 0 Å². The lowest BCUT2D eigenvalue weighted by molar-refractivity contribution is -0.297. The van der Waals surface area contributed by atoms with E-state index in [4.69, 9.17) is 15.0 Å². The lowest BCUT2D eigenvalue weighted by atomic mass is 10.4. The van der Waals surface area contributed by atoms with Crippen LogP contribution < -0.4 is 5.11 Å². The van der Waals surface area contributed by atoms with E-state index in [1.54, 1.807) is 0 Å². The van der Waals surface area contributed by atoms with Crippen molar-refractivity contribution in [3.8, 4) is 0 Å². The molecule has 0 aromatic carbocycles. The quantitative estimate of drug-likeness (QED) is 0.551. The molecule has 0 rings (SSSR count). The zero-order valence-electron chi connectivity index (χ0n) is 6.16. The van der Waals surface area contributed by atoms with Gasteiger partial charge in [-0.3, -0.25) is 0 Å². The molecular formula is C7H9O4-. The molecule has 0 atom stereocenters. The van der Waals surface area contributed by atoms with E-state index in [9.17, 15) is 4.79 Å². The highest BCUT2D eigenvalue weighted by atomic mass is 16.4. The lowest BCUT2D eigenvalue weighted by Gasteiger charge is -1.81. The summed E-state index contributed by atoms with van der Waals surface area (Å²) < 4.78 is 0. The molecule has 0 aliphatic heterocycles. The van der Waals surface area contributed by atoms with Crippen molar-refractivity contribution >= 4 is 11.9 Å². The van der Waals surface area contributed by atoms with E-state index in [1.807, 2.05) is 0 Å². The summed E-state index contributed by atoms with van der Waals surface area (Å²) in [6, 6.07) is 0. The highest BCUT2D eigenvalue weighted by molar-refractivity contribution is 5.84. The van der Waals surface area contributed by atoms with Crippen molar-refractivity contribution in [2.75, 3.05) is 0 Å². The minimum Gasteiger partial charge on any atom is -0.545 e. The molecule has 0 heterocycles. The van der Waals surface area contributed by atoms with Gasteiger partial charge in [0.05, 0.1) is 5.97 Å². The normalized spacial score (nSPS) is 7.00. The SMILES string of the molecule is C=C(C)C(=O)O.C=CC(=O)[O-]. The van der Waals surface area contributed by atoms with Crippen LogP contribution >= 0.6 is 0 Å². The second-order valence-electron chi connectivity index (χ2n) is 1.61. The van der Waals surface area contributed by atoms with Crippen LogP contribution in [-0.2, 0) is 9.59 Å². The molecule has 0 unspecified atom stereocenters. The predicted octanol–water partition coefficient (Wildman–Crippen LogP) is -0.431. The minimum atomic E-state index is -1.23. The molecule has 11 heavy (non-hydrogen) atoms. The van der Waals surface area contributed by atoms with Crippen LogP contribution in [0.2, 0.25) is 0 Å². The molecule has 0 aromatic heterocycles. The summed E-state index contributed by atoms with van der Waals surface area (Å²) in [6.45, 7) is 7.50. The van der Waals surface area contributed by atoms with Gasteiger partial charge in [-0.15, -0.1) is 0 Å². The summed E-state index contributed by atoms with van der Waals surface area (Å²) in [5.41, 5.74) is 0.176. The topological polar surface area (TPSA) is 77.4 Å². The molecular weight excluding hydrogens is 148 g/mol. The third-order valence-corrected chi connectivity index (χ3v) is 0.532. The van der Waals surface area contributed by atoms with Crippen molar-refractivity contribution in [2.45, 2.75) is 6.92 Å². The Hall–Kier alpha value is -1.58. The van der Waals surface area contributed by atoms with Crippen molar-refractivity contribution < 1.29 is 19.8 Å². The monoisotopic (exact) mass is 157 g/mol. The molecule has 0 aromatic rings. The van der Waals surface area contributed by atoms with Crippen LogP contribution in [0.15, 0.2) is 24.8 Å². The molecule has 0 saturated heterocycles. The summed E-state index contributed by atoms with van der Waals surface area (Å²) in [7, 11) is 0. The first-order chi connectivity index (χ1) is 4.91. The number of carbonyl (C=O) groups is 2. The summed E-state index contributed by atoms with van der Waals surface area (Å²) in [6.07, 6.45) is 0.722. The first-order valence-electron chi connectivity index (χ1n) is 2.64. The van der Waals surface area contributed by atoms with Gasteiger partial charge in [0.1, 0.15) is 0 Å². The molecule has 1 N–H and O–H groups in total. The van der Waals surface area contributed by atoms with Crippen LogP contribution in [0.5, 0.6) is 0 Å². The predicted molar refractivity (Wildman–Crippen MR) is 37.7 cm³/mol. The maximum Gasteiger partial charge on any atom is 0.330 e. The molecule has 4 nitrogen and oxygen atoms in total. The second-order valence-corrected chi connectivity index (χ2v) is 1.61. The average Bonchev–Trinajstić information content (AvgIpc) is 1.89. The number of hydrogen-bond acceptors (Lipinski definition) is 3. The van der Waals surface area contributed by atoms with E-state index in [0.717, 1.165) is 6.08 Å². The molecule has 0 amide bonds. The van der Waals surface area contributed by atoms with E-state index in [1.165, 1.54) is 6.92 Å². The van der Waals surface area contributed by atoms with Crippen molar-refractivity contribution in [2.24, 2.45) is 0 Å². The van der Waals surface area contributed by atoms with Gasteiger partial charge in [0.15, 0.2) is 0 Å². The fourth-order valence-electron chi connectivity index (χ4n) is 0. The van der Waals surface area contributed by atoms with Gasteiger partial charge >= 0.3 is 5.97 Å². The van der Waals surface area contributed by atoms with Gasteiger partial charge in [-0.1, -0.05) is 13.2 Å². The highest BCUT2D eigenvalue weighted by Crippen LogP contribution is 1.81. The Bertz CT molecular complexity index is 169. The summed E-state index contributed by atoms with van der Waals surface area (Å²) in [5, 5.41) is 17.0. The smallest absolute Gasteiger partial charge is 0.330 e. The van der Waals surface area contributed by atoms with Crippen molar-refractivity contribution in [3.05, 3.63) is 24.8 Å². The van der Waals surface area contributed by atoms with Crippen LogP contribution in [-0.4, -0.2) is 17.0 Å². The molecule has 0 aliphatic carbocycles. The first-order valence-corrected chi connectivity index (χ1v) is 2.64. The van der Waals surface area contributed by atoms with E-state index in [0.29, 0.717) is 0 Å². The van der Waals surface area contributed by atoms with Crippen LogP contribution in [0, 0.1) is 0 Å². The Morgan fingerprint density at radius 1 is 1.55 bits per heavy atom. The van der Waals surface area contributed by atoms with E-state index >= 15 is 0 Å². The number of carboxylic acids is 2. The largest absolute Gasteiger partial charge is 0.545 e. The summed E-state index contributed by atoms with van der Waals surface area (Å²) in [4.78, 5) is 18.7. The number of carboxylic acid groups (broad SMARTS) is 2. The Balaban J connectivity index is 0. The molecule has 62 valence electrons. The Kier molecular flexibility index (Phi) is 7.21. The molecule has 0 radical (unpaired) electrons. The Morgan fingerprint density at radius 3 is 1.73 bits per heavy atom. The van der Waals surface area contributed by atoms with Gasteiger partial charge in [0.2, 0.25) is 0 Å². The summed E-state index contributed by atoms with van der Waals surface area (Å²) in [5.74, 6) is -2.17. The van der Waals surface area contributed by atoms with Gasteiger partial charge in [-0.25, -0.2) is 4.79 Å². The number of aliphatic carboxylic acids is 2. The standard InChI is InChI=1S/C4H6O2.C3H4O2/c1-3(2)4(5)6;1-2-3(4)5/h1H2,2H3,(H,5,6);2H,1H2,(H,4,5)/p-1.